The molecule has 0 saturated heterocycles. The molecule has 0 atom stereocenters. The molecule has 0 amide bonds. The van der Waals surface area contributed by atoms with E-state index in [1.54, 1.807) is 24.7 Å². The maximum Gasteiger partial charge on any atom is 0.0995 e. The Hall–Kier alpha value is -1.03. The van der Waals surface area contributed by atoms with Crippen LogP contribution in [0.3, 0.4) is 0 Å². The SMILES string of the molecule is NCc1cncn1-c1ccc(Cl)cc1Cl. The number of nitrogens with zero attached hydrogens (tertiary/aromatic N) is 2. The van der Waals surface area contributed by atoms with E-state index in [1.165, 1.54) is 0 Å². The maximum absolute atomic E-state index is 6.08. The first-order valence-corrected chi connectivity index (χ1v) is 5.14. The average Bonchev–Trinajstić information content (AvgIpc) is 2.65. The minimum absolute atomic E-state index is 0.416. The van der Waals surface area contributed by atoms with Gasteiger partial charge >= 0.3 is 0 Å². The first-order chi connectivity index (χ1) is 7.22. The third-order valence-corrected chi connectivity index (χ3v) is 2.63. The molecule has 2 rings (SSSR count). The molecule has 0 spiro atoms. The highest BCUT2D eigenvalue weighted by molar-refractivity contribution is 6.35. The minimum Gasteiger partial charge on any atom is -0.325 e. The topological polar surface area (TPSA) is 43.8 Å². The summed E-state index contributed by atoms with van der Waals surface area (Å²) in [7, 11) is 0. The van der Waals surface area contributed by atoms with Gasteiger partial charge in [-0.25, -0.2) is 4.98 Å². The Bertz CT molecular complexity index is 479. The lowest BCUT2D eigenvalue weighted by molar-refractivity contribution is 0.910. The van der Waals surface area contributed by atoms with Gasteiger partial charge in [-0.05, 0) is 18.2 Å². The zero-order valence-corrected chi connectivity index (χ0v) is 9.33. The van der Waals surface area contributed by atoms with Gasteiger partial charge in [0.05, 0.1) is 22.7 Å². The molecule has 2 aromatic rings. The van der Waals surface area contributed by atoms with Gasteiger partial charge in [0.15, 0.2) is 0 Å². The van der Waals surface area contributed by atoms with Crippen molar-refractivity contribution < 1.29 is 0 Å². The smallest absolute Gasteiger partial charge is 0.0995 e. The number of nitrogens with two attached hydrogens (primary N) is 1. The van der Waals surface area contributed by atoms with E-state index in [9.17, 15) is 0 Å². The Kier molecular flexibility index (Phi) is 2.95. The molecule has 0 aliphatic carbocycles. The first kappa shape index (κ1) is 10.5. The van der Waals surface area contributed by atoms with Crippen molar-refractivity contribution in [2.24, 2.45) is 5.73 Å². The van der Waals surface area contributed by atoms with Crippen LogP contribution in [-0.2, 0) is 6.54 Å². The Morgan fingerprint density at radius 3 is 2.80 bits per heavy atom. The van der Waals surface area contributed by atoms with E-state index in [0.29, 0.717) is 16.6 Å². The number of hydrogen-bond acceptors (Lipinski definition) is 2. The van der Waals surface area contributed by atoms with Crippen LogP contribution in [0.5, 0.6) is 0 Å². The van der Waals surface area contributed by atoms with Gasteiger partial charge in [-0.3, -0.25) is 0 Å². The van der Waals surface area contributed by atoms with Crippen molar-refractivity contribution in [2.45, 2.75) is 6.54 Å². The molecule has 1 aromatic heterocycles. The van der Waals surface area contributed by atoms with Crippen LogP contribution in [0.15, 0.2) is 30.7 Å². The summed E-state index contributed by atoms with van der Waals surface area (Å²) in [6.45, 7) is 0.416. The van der Waals surface area contributed by atoms with Crippen LogP contribution in [0.2, 0.25) is 10.0 Å². The summed E-state index contributed by atoms with van der Waals surface area (Å²) in [4.78, 5) is 4.02. The summed E-state index contributed by atoms with van der Waals surface area (Å²) in [5.74, 6) is 0. The summed E-state index contributed by atoms with van der Waals surface area (Å²) in [5, 5.41) is 1.19. The van der Waals surface area contributed by atoms with Gasteiger partial charge < -0.3 is 10.3 Å². The molecule has 0 unspecified atom stereocenters. The zero-order valence-electron chi connectivity index (χ0n) is 7.82. The number of hydrogen-bond donors (Lipinski definition) is 1. The van der Waals surface area contributed by atoms with E-state index in [2.05, 4.69) is 4.98 Å². The molecule has 1 heterocycles. The fourth-order valence-electron chi connectivity index (χ4n) is 1.37. The van der Waals surface area contributed by atoms with Crippen LogP contribution in [0.1, 0.15) is 5.69 Å². The number of benzene rings is 1. The van der Waals surface area contributed by atoms with Crippen molar-refractivity contribution in [3.05, 3.63) is 46.5 Å². The normalized spacial score (nSPS) is 10.6. The second-order valence-corrected chi connectivity index (χ2v) is 3.90. The third kappa shape index (κ3) is 2.00. The van der Waals surface area contributed by atoms with Gasteiger partial charge in [-0.15, -0.1) is 0 Å². The van der Waals surface area contributed by atoms with Gasteiger partial charge in [0.1, 0.15) is 0 Å². The van der Waals surface area contributed by atoms with Crippen LogP contribution >= 0.6 is 23.2 Å². The van der Waals surface area contributed by atoms with E-state index in [1.807, 2.05) is 10.6 Å². The van der Waals surface area contributed by atoms with E-state index in [-0.39, 0.29) is 0 Å². The molecule has 0 saturated carbocycles. The molecule has 0 bridgehead atoms. The highest BCUT2D eigenvalue weighted by Gasteiger charge is 2.06. The predicted molar refractivity (Wildman–Crippen MR) is 61.5 cm³/mol. The summed E-state index contributed by atoms with van der Waals surface area (Å²) in [5.41, 5.74) is 7.32. The lowest BCUT2D eigenvalue weighted by atomic mass is 10.3. The number of rotatable bonds is 2. The number of aromatic nitrogens is 2. The van der Waals surface area contributed by atoms with Gasteiger partial charge in [0.25, 0.3) is 0 Å². The van der Waals surface area contributed by atoms with Crippen molar-refractivity contribution in [3.63, 3.8) is 0 Å². The van der Waals surface area contributed by atoms with E-state index >= 15 is 0 Å². The zero-order chi connectivity index (χ0) is 10.8. The van der Waals surface area contributed by atoms with Gasteiger partial charge in [0.2, 0.25) is 0 Å². The first-order valence-electron chi connectivity index (χ1n) is 4.39. The van der Waals surface area contributed by atoms with Crippen molar-refractivity contribution in [1.82, 2.24) is 9.55 Å². The standard InChI is InChI=1S/C10H9Cl2N3/c11-7-1-2-10(9(12)3-7)15-6-14-5-8(15)4-13/h1-3,5-6H,4,13H2. The van der Waals surface area contributed by atoms with E-state index in [0.717, 1.165) is 11.4 Å². The maximum atomic E-state index is 6.08. The molecule has 3 nitrogen and oxygen atoms in total. The van der Waals surface area contributed by atoms with Crippen molar-refractivity contribution in [3.8, 4) is 5.69 Å². The second kappa shape index (κ2) is 4.23. The largest absolute Gasteiger partial charge is 0.325 e. The van der Waals surface area contributed by atoms with Crippen LogP contribution in [0, 0.1) is 0 Å². The molecular weight excluding hydrogens is 233 g/mol. The quantitative estimate of drug-likeness (QED) is 0.879. The predicted octanol–water partition coefficient (Wildman–Crippen LogP) is 2.64. The summed E-state index contributed by atoms with van der Waals surface area (Å²) >= 11 is 11.9. The summed E-state index contributed by atoms with van der Waals surface area (Å²) in [6, 6.07) is 5.31. The Morgan fingerprint density at radius 2 is 2.13 bits per heavy atom. The van der Waals surface area contributed by atoms with Gasteiger partial charge in [-0.2, -0.15) is 0 Å². The van der Waals surface area contributed by atoms with E-state index in [4.69, 9.17) is 28.9 Å². The molecule has 0 aliphatic rings. The van der Waals surface area contributed by atoms with Gasteiger partial charge in [0, 0.05) is 17.8 Å². The molecule has 2 N–H and O–H groups in total. The van der Waals surface area contributed by atoms with Crippen molar-refractivity contribution in [2.75, 3.05) is 0 Å². The Balaban J connectivity index is 2.54. The fourth-order valence-corrected chi connectivity index (χ4v) is 1.87. The number of imidazole rings is 1. The molecule has 0 aliphatic heterocycles. The summed E-state index contributed by atoms with van der Waals surface area (Å²) in [6.07, 6.45) is 3.39. The molecule has 5 heteroatoms. The Labute approximate surface area is 97.4 Å². The molecule has 15 heavy (non-hydrogen) atoms. The lowest BCUT2D eigenvalue weighted by Gasteiger charge is -2.08. The minimum atomic E-state index is 0.416. The van der Waals surface area contributed by atoms with Crippen molar-refractivity contribution >= 4 is 23.2 Å². The van der Waals surface area contributed by atoms with Crippen LogP contribution in [0.25, 0.3) is 5.69 Å². The third-order valence-electron chi connectivity index (χ3n) is 2.09. The Morgan fingerprint density at radius 1 is 1.33 bits per heavy atom. The van der Waals surface area contributed by atoms with Gasteiger partial charge in [-0.1, -0.05) is 23.2 Å². The van der Waals surface area contributed by atoms with Crippen LogP contribution in [0.4, 0.5) is 0 Å². The average molecular weight is 242 g/mol. The molecule has 0 radical (unpaired) electrons. The molecule has 78 valence electrons. The highest BCUT2D eigenvalue weighted by Crippen LogP contribution is 2.25. The lowest BCUT2D eigenvalue weighted by Crippen LogP contribution is -2.04. The monoisotopic (exact) mass is 241 g/mol. The van der Waals surface area contributed by atoms with Crippen molar-refractivity contribution in [1.29, 1.82) is 0 Å². The molecule has 1 aromatic carbocycles. The van der Waals surface area contributed by atoms with Crippen LogP contribution < -0.4 is 5.73 Å². The second-order valence-electron chi connectivity index (χ2n) is 3.05. The molecule has 0 fully saturated rings. The number of halogens is 2. The summed E-state index contributed by atoms with van der Waals surface area (Å²) < 4.78 is 1.85. The van der Waals surface area contributed by atoms with E-state index < -0.39 is 0 Å². The fraction of sp³-hybridized carbons (Fsp3) is 0.100. The van der Waals surface area contributed by atoms with Crippen LogP contribution in [-0.4, -0.2) is 9.55 Å². The highest BCUT2D eigenvalue weighted by atomic mass is 35.5. The molecular formula is C10H9Cl2N3.